The standard InChI is InChI=1S/C45H54I6N2O10S2/c1-4-5-20-35(65(61,62)63)53-32-28-30(47)41(49)43(51)39(32)45(3,24-16-10-14-22-37(56)57)34(53)19-12-8-6-7-11-18-33-44(2,23-15-9-13-21-36(54)55)38-31(27-29(46)40(48)42(38)50)52(33)25-17-26-64(58,59)60/h6-8,11-12,18-19,27-28,35H,4-5,9-10,13-17,20-26H2,1-3H3,(H3-,54,55,56,57,58,59,60,61,62,63). The number of rotatable bonds is 25. The van der Waals surface area contributed by atoms with Crippen LogP contribution in [0.4, 0.5) is 11.4 Å². The fourth-order valence-electron chi connectivity index (χ4n) is 8.83. The molecule has 2 aromatic rings. The van der Waals surface area contributed by atoms with Gasteiger partial charge in [-0.15, -0.1) is 0 Å². The van der Waals surface area contributed by atoms with Crippen molar-refractivity contribution in [3.05, 3.63) is 92.9 Å². The fraction of sp³-hybridized carbons (Fsp3) is 0.489. The lowest BCUT2D eigenvalue weighted by Crippen LogP contribution is -2.41. The molecular weight excluding hydrogens is 1550 g/mol. The Kier molecular flexibility index (Phi) is 22.5. The van der Waals surface area contributed by atoms with Crippen LogP contribution in [0.1, 0.15) is 122 Å². The number of aliphatic carboxylic acids is 2. The van der Waals surface area contributed by atoms with Crippen LogP contribution in [0, 0.1) is 21.4 Å². The van der Waals surface area contributed by atoms with E-state index >= 15 is 0 Å². The number of fused-ring (bicyclic) bond motifs is 2. The smallest absolute Gasteiger partial charge is 0.303 e. The maximum atomic E-state index is 13.3. The Morgan fingerprint density at radius 1 is 0.738 bits per heavy atom. The average Bonchev–Trinajstić information content (AvgIpc) is 3.57. The predicted octanol–water partition coefficient (Wildman–Crippen LogP) is 12.4. The zero-order valence-corrected chi connectivity index (χ0v) is 50.8. The van der Waals surface area contributed by atoms with Crippen molar-refractivity contribution in [1.29, 1.82) is 0 Å². The molecule has 0 aliphatic carbocycles. The van der Waals surface area contributed by atoms with Crippen LogP contribution in [-0.4, -0.2) is 76.1 Å². The summed E-state index contributed by atoms with van der Waals surface area (Å²) >= 11 is 14.0. The molecule has 2 heterocycles. The molecule has 0 saturated heterocycles. The van der Waals surface area contributed by atoms with Crippen LogP contribution in [-0.2, 0) is 40.7 Å². The van der Waals surface area contributed by atoms with Crippen LogP contribution in [0.2, 0.25) is 0 Å². The number of nitrogens with zero attached hydrogens (tertiary/aromatic N) is 2. The summed E-state index contributed by atoms with van der Waals surface area (Å²) in [7, 11) is -8.98. The van der Waals surface area contributed by atoms with E-state index in [1.54, 1.807) is 4.90 Å². The molecule has 358 valence electrons. The Hall–Kier alpha value is 0.0100. The Morgan fingerprint density at radius 2 is 1.28 bits per heavy atom. The van der Waals surface area contributed by atoms with Gasteiger partial charge in [-0.1, -0.05) is 75.8 Å². The highest BCUT2D eigenvalue weighted by Crippen LogP contribution is 2.55. The minimum atomic E-state index is -4.55. The van der Waals surface area contributed by atoms with E-state index in [2.05, 4.69) is 160 Å². The maximum Gasteiger partial charge on any atom is 0.303 e. The molecule has 0 amide bonds. The van der Waals surface area contributed by atoms with Crippen LogP contribution < -0.4 is 4.90 Å². The number of benzene rings is 2. The molecule has 0 spiro atoms. The first kappa shape index (κ1) is 57.6. The predicted molar refractivity (Wildman–Crippen MR) is 307 cm³/mol. The molecule has 3 atom stereocenters. The summed E-state index contributed by atoms with van der Waals surface area (Å²) in [4.78, 5) is 24.3. The van der Waals surface area contributed by atoms with E-state index in [0.29, 0.717) is 45.1 Å². The minimum Gasteiger partial charge on any atom is -0.748 e. The van der Waals surface area contributed by atoms with E-state index in [0.717, 1.165) is 81.0 Å². The molecule has 0 aromatic heterocycles. The number of hydrogen-bond acceptors (Lipinski definition) is 8. The highest BCUT2D eigenvalue weighted by atomic mass is 127. The highest BCUT2D eigenvalue weighted by Gasteiger charge is 2.51. The van der Waals surface area contributed by atoms with Gasteiger partial charge in [0, 0.05) is 80.9 Å². The molecular formula is C45H54I6N2O10S2. The summed E-state index contributed by atoms with van der Waals surface area (Å²) in [6.07, 6.45) is 20.5. The number of carboxylic acid groups (broad SMARTS) is 2. The molecule has 0 fully saturated rings. The van der Waals surface area contributed by atoms with Gasteiger partial charge in [-0.3, -0.25) is 14.1 Å². The van der Waals surface area contributed by atoms with Gasteiger partial charge >= 0.3 is 11.9 Å². The topological polar surface area (TPSA) is 192 Å². The van der Waals surface area contributed by atoms with Gasteiger partial charge in [0.05, 0.1) is 21.1 Å². The van der Waals surface area contributed by atoms with Crippen molar-refractivity contribution in [1.82, 2.24) is 0 Å². The van der Waals surface area contributed by atoms with Crippen LogP contribution in [0.5, 0.6) is 0 Å². The van der Waals surface area contributed by atoms with Crippen LogP contribution >= 0.6 is 136 Å². The van der Waals surface area contributed by atoms with Gasteiger partial charge in [-0.2, -0.15) is 13.0 Å². The average molecular weight is 1610 g/mol. The van der Waals surface area contributed by atoms with Gasteiger partial charge in [0.15, 0.2) is 11.1 Å². The summed E-state index contributed by atoms with van der Waals surface area (Å²) < 4.78 is 80.8. The van der Waals surface area contributed by atoms with Crippen LogP contribution in [0.3, 0.4) is 0 Å². The van der Waals surface area contributed by atoms with Crippen molar-refractivity contribution in [2.24, 2.45) is 0 Å². The zero-order valence-electron chi connectivity index (χ0n) is 36.3. The van der Waals surface area contributed by atoms with E-state index in [1.807, 2.05) is 55.5 Å². The summed E-state index contributed by atoms with van der Waals surface area (Å²) in [6, 6.07) is 4.10. The molecule has 2 aliphatic rings. The Bertz CT molecular complexity index is 2510. The molecule has 0 radical (unpaired) electrons. The molecule has 20 heteroatoms. The van der Waals surface area contributed by atoms with Gasteiger partial charge in [-0.05, 0) is 194 Å². The first-order valence-corrected chi connectivity index (χ1v) is 30.8. The Balaban J connectivity index is 1.80. The van der Waals surface area contributed by atoms with Gasteiger partial charge < -0.3 is 19.7 Å². The summed E-state index contributed by atoms with van der Waals surface area (Å²) in [5.41, 5.74) is 4.30. The monoisotopic (exact) mass is 1610 g/mol. The van der Waals surface area contributed by atoms with Crippen molar-refractivity contribution in [2.45, 2.75) is 127 Å². The second kappa shape index (κ2) is 25.4. The third-order valence-corrected chi connectivity index (χ3v) is 24.1. The number of halogens is 6. The largest absolute Gasteiger partial charge is 0.748 e. The van der Waals surface area contributed by atoms with Gasteiger partial charge in [-0.25, -0.2) is 8.42 Å². The van der Waals surface area contributed by atoms with Crippen molar-refractivity contribution in [2.75, 3.05) is 17.2 Å². The normalized spacial score (nSPS) is 20.0. The second-order valence-electron chi connectivity index (χ2n) is 16.6. The molecule has 2 aliphatic heterocycles. The fourth-order valence-corrected chi connectivity index (χ4v) is 15.6. The van der Waals surface area contributed by atoms with Gasteiger partial charge in [0.25, 0.3) is 10.1 Å². The first-order valence-electron chi connectivity index (χ1n) is 21.3. The van der Waals surface area contributed by atoms with Crippen LogP contribution in [0.25, 0.3) is 0 Å². The lowest BCUT2D eigenvalue weighted by molar-refractivity contribution is -0.437. The molecule has 3 unspecified atom stereocenters. The molecule has 65 heavy (non-hydrogen) atoms. The number of carbonyl (C=O) groups is 2. The summed E-state index contributed by atoms with van der Waals surface area (Å²) in [5, 5.41) is 17.3. The maximum absolute atomic E-state index is 13.3. The number of carboxylic acids is 2. The highest BCUT2D eigenvalue weighted by molar-refractivity contribution is 14.1. The van der Waals surface area contributed by atoms with E-state index in [9.17, 15) is 45.7 Å². The molecule has 12 nitrogen and oxygen atoms in total. The molecule has 4 rings (SSSR count). The number of allylic oxidation sites excluding steroid dienone is 8. The summed E-state index contributed by atoms with van der Waals surface area (Å²) in [6.45, 7) is 6.57. The third kappa shape index (κ3) is 14.8. The summed E-state index contributed by atoms with van der Waals surface area (Å²) in [5.74, 6) is -2.16. The number of hydrogen-bond donors (Lipinski definition) is 3. The molecule has 2 aromatic carbocycles. The molecule has 0 bridgehead atoms. The third-order valence-electron chi connectivity index (χ3n) is 11.9. The molecule has 3 N–H and O–H groups in total. The number of anilines is 1. The lowest BCUT2D eigenvalue weighted by Gasteiger charge is -2.34. The van der Waals surface area contributed by atoms with E-state index < -0.39 is 54.1 Å². The molecule has 0 saturated carbocycles. The van der Waals surface area contributed by atoms with Crippen molar-refractivity contribution in [3.8, 4) is 0 Å². The van der Waals surface area contributed by atoms with E-state index in [-0.39, 0.29) is 25.7 Å². The lowest BCUT2D eigenvalue weighted by atomic mass is 9.75. The van der Waals surface area contributed by atoms with E-state index in [4.69, 9.17) is 0 Å². The minimum absolute atomic E-state index is 0.0724. The van der Waals surface area contributed by atoms with Gasteiger partial charge in [0.1, 0.15) is 6.54 Å². The van der Waals surface area contributed by atoms with E-state index in [1.165, 1.54) is 0 Å². The Labute approximate surface area is 465 Å². The first-order chi connectivity index (χ1) is 30.4. The zero-order chi connectivity index (χ0) is 48.5. The Morgan fingerprint density at radius 3 is 1.83 bits per heavy atom. The second-order valence-corrected chi connectivity index (χ2v) is 26.4. The van der Waals surface area contributed by atoms with Crippen molar-refractivity contribution < 1.29 is 50.3 Å². The van der Waals surface area contributed by atoms with Crippen molar-refractivity contribution >= 4 is 185 Å². The van der Waals surface area contributed by atoms with Crippen molar-refractivity contribution in [3.63, 3.8) is 0 Å². The van der Waals surface area contributed by atoms with Gasteiger partial charge in [0.2, 0.25) is 5.69 Å². The number of unbranched alkanes of at least 4 members (excludes halogenated alkanes) is 5. The SMILES string of the molecule is CCCCC(N1\C(=C/C=C/C=C/C=C/C2=[N+](CCCS(=O)(=O)[O-])c3cc(I)c(I)c(I)c3C2(C)CCCCCC(=O)O)C(C)(CCCCCC(=O)O)c2c1cc(I)c(I)c2I)S(=O)(=O)O. The van der Waals surface area contributed by atoms with Crippen LogP contribution in [0.15, 0.2) is 60.4 Å². The quantitative estimate of drug-likeness (QED) is 0.0214.